The Balaban J connectivity index is 2.90. The third-order valence-corrected chi connectivity index (χ3v) is 3.74. The molecule has 0 saturated carbocycles. The third kappa shape index (κ3) is 6.70. The summed E-state index contributed by atoms with van der Waals surface area (Å²) in [6, 6.07) is 4.05. The van der Waals surface area contributed by atoms with Crippen LogP contribution < -0.4 is 4.74 Å². The van der Waals surface area contributed by atoms with Crippen molar-refractivity contribution in [3.05, 3.63) is 33.9 Å². The van der Waals surface area contributed by atoms with Crippen LogP contribution >= 0.6 is 0 Å². The number of likely N-dealkylation sites (N-methyl/N-ethyl adjacent to an activating group) is 1. The lowest BCUT2D eigenvalue weighted by Gasteiger charge is -2.25. The average Bonchev–Trinajstić information content (AvgIpc) is 2.55. The molecule has 0 aliphatic heterocycles. The zero-order valence-electron chi connectivity index (χ0n) is 15.7. The first kappa shape index (κ1) is 20.9. The van der Waals surface area contributed by atoms with E-state index in [0.29, 0.717) is 12.5 Å². The van der Waals surface area contributed by atoms with E-state index in [1.807, 2.05) is 25.9 Å². The molecular weight excluding hydrogens is 324 g/mol. The topological polar surface area (TPSA) is 81.9 Å². The Morgan fingerprint density at radius 1 is 1.32 bits per heavy atom. The van der Waals surface area contributed by atoms with Gasteiger partial charge < -0.3 is 14.4 Å². The molecule has 0 saturated heterocycles. The quantitative estimate of drug-likeness (QED) is 0.364. The van der Waals surface area contributed by atoms with Crippen LogP contribution in [0.2, 0.25) is 0 Å². The van der Waals surface area contributed by atoms with E-state index >= 15 is 0 Å². The normalized spacial score (nSPS) is 12.3. The van der Waals surface area contributed by atoms with Crippen LogP contribution in [0.5, 0.6) is 5.75 Å². The first-order valence-electron chi connectivity index (χ1n) is 8.51. The fourth-order valence-electron chi connectivity index (χ4n) is 2.35. The molecule has 0 aliphatic rings. The Morgan fingerprint density at radius 2 is 2.00 bits per heavy atom. The predicted octanol–water partition coefficient (Wildman–Crippen LogP) is 3.52. The summed E-state index contributed by atoms with van der Waals surface area (Å²) < 4.78 is 10.9. The van der Waals surface area contributed by atoms with Gasteiger partial charge in [-0.15, -0.1) is 0 Å². The van der Waals surface area contributed by atoms with Crippen molar-refractivity contribution in [2.75, 3.05) is 27.3 Å². The fraction of sp³-hybridized carbons (Fsp3) is 0.611. The van der Waals surface area contributed by atoms with Crippen LogP contribution in [0.1, 0.15) is 44.0 Å². The molecule has 0 bridgehead atoms. The Bertz CT molecular complexity index is 587. The number of carbonyl (C=O) groups excluding carboxylic acids is 1. The van der Waals surface area contributed by atoms with Crippen LogP contribution in [-0.4, -0.2) is 49.1 Å². The number of rotatable bonds is 10. The van der Waals surface area contributed by atoms with E-state index in [4.69, 9.17) is 9.47 Å². The maximum absolute atomic E-state index is 12.4. The maximum atomic E-state index is 12.4. The number of hydrogen-bond acceptors (Lipinski definition) is 6. The summed E-state index contributed by atoms with van der Waals surface area (Å²) in [4.78, 5) is 24.9. The molecule has 1 rings (SSSR count). The van der Waals surface area contributed by atoms with E-state index in [9.17, 15) is 14.9 Å². The Morgan fingerprint density at radius 3 is 2.52 bits per heavy atom. The van der Waals surface area contributed by atoms with E-state index in [2.05, 4.69) is 13.8 Å². The minimum Gasteiger partial charge on any atom is -0.492 e. The van der Waals surface area contributed by atoms with Gasteiger partial charge in [0.15, 0.2) is 0 Å². The van der Waals surface area contributed by atoms with Gasteiger partial charge in [-0.05, 0) is 38.9 Å². The van der Waals surface area contributed by atoms with Crippen molar-refractivity contribution in [3.63, 3.8) is 0 Å². The smallest absolute Gasteiger partial charge is 0.341 e. The summed E-state index contributed by atoms with van der Waals surface area (Å²) in [5, 5.41) is 10.9. The molecule has 1 aromatic rings. The second-order valence-corrected chi connectivity index (χ2v) is 6.63. The highest BCUT2D eigenvalue weighted by Crippen LogP contribution is 2.26. The average molecular weight is 352 g/mol. The Kier molecular flexibility index (Phi) is 8.34. The first-order valence-corrected chi connectivity index (χ1v) is 8.51. The molecule has 7 heteroatoms. The second kappa shape index (κ2) is 9.98. The summed E-state index contributed by atoms with van der Waals surface area (Å²) in [7, 11) is 3.89. The maximum Gasteiger partial charge on any atom is 0.341 e. The molecule has 0 radical (unpaired) electrons. The number of nitrogens with zero attached hydrogens (tertiary/aromatic N) is 2. The number of hydrogen-bond donors (Lipinski definition) is 0. The van der Waals surface area contributed by atoms with Crippen LogP contribution in [0.25, 0.3) is 0 Å². The molecule has 0 spiro atoms. The van der Waals surface area contributed by atoms with Crippen LogP contribution in [0, 0.1) is 16.0 Å². The predicted molar refractivity (Wildman–Crippen MR) is 96.1 cm³/mol. The molecule has 0 N–H and O–H groups in total. The van der Waals surface area contributed by atoms with Crippen molar-refractivity contribution >= 4 is 11.7 Å². The minimum absolute atomic E-state index is 0.113. The molecule has 0 unspecified atom stereocenters. The number of nitro benzene ring substituents is 1. The first-order chi connectivity index (χ1) is 11.8. The highest BCUT2D eigenvalue weighted by Gasteiger charge is 2.21. The van der Waals surface area contributed by atoms with Gasteiger partial charge >= 0.3 is 5.97 Å². The molecule has 0 fully saturated rings. The number of non-ortho nitro benzene ring substituents is 1. The largest absolute Gasteiger partial charge is 0.492 e. The molecule has 0 heterocycles. The van der Waals surface area contributed by atoms with Gasteiger partial charge in [-0.25, -0.2) is 4.79 Å². The molecule has 25 heavy (non-hydrogen) atoms. The van der Waals surface area contributed by atoms with Gasteiger partial charge in [-0.2, -0.15) is 0 Å². The monoisotopic (exact) mass is 352 g/mol. The second-order valence-electron chi connectivity index (χ2n) is 6.63. The lowest BCUT2D eigenvalue weighted by atomic mass is 10.0. The third-order valence-electron chi connectivity index (χ3n) is 3.74. The summed E-state index contributed by atoms with van der Waals surface area (Å²) in [6.45, 7) is 6.78. The molecule has 0 amide bonds. The summed E-state index contributed by atoms with van der Waals surface area (Å²) in [5.74, 6) is 0.136. The number of esters is 1. The van der Waals surface area contributed by atoms with Crippen molar-refractivity contribution < 1.29 is 19.2 Å². The zero-order valence-corrected chi connectivity index (χ0v) is 15.7. The molecule has 0 aliphatic carbocycles. The Labute approximate surface area is 149 Å². The summed E-state index contributed by atoms with van der Waals surface area (Å²) in [5.41, 5.74) is 0.0923. The number of ether oxygens (including phenoxy) is 2. The van der Waals surface area contributed by atoms with Gasteiger partial charge in [0, 0.05) is 12.1 Å². The fourth-order valence-corrected chi connectivity index (χ4v) is 2.35. The number of nitro groups is 1. The van der Waals surface area contributed by atoms with Crippen molar-refractivity contribution in [2.24, 2.45) is 5.92 Å². The van der Waals surface area contributed by atoms with Gasteiger partial charge in [0.2, 0.25) is 0 Å². The van der Waals surface area contributed by atoms with Crippen molar-refractivity contribution in [2.45, 2.75) is 39.7 Å². The van der Waals surface area contributed by atoms with Crippen molar-refractivity contribution in [1.82, 2.24) is 4.90 Å². The van der Waals surface area contributed by atoms with E-state index in [-0.39, 0.29) is 29.6 Å². The summed E-state index contributed by atoms with van der Waals surface area (Å²) >= 11 is 0. The number of benzene rings is 1. The molecule has 1 aromatic carbocycles. The van der Waals surface area contributed by atoms with Crippen LogP contribution in [0.4, 0.5) is 5.69 Å². The van der Waals surface area contributed by atoms with Gasteiger partial charge in [0.25, 0.3) is 5.69 Å². The summed E-state index contributed by atoms with van der Waals surface area (Å²) in [6.07, 6.45) is 1.63. The molecule has 140 valence electrons. The van der Waals surface area contributed by atoms with Crippen molar-refractivity contribution in [3.8, 4) is 5.75 Å². The van der Waals surface area contributed by atoms with E-state index in [0.717, 1.165) is 12.8 Å². The van der Waals surface area contributed by atoms with Crippen LogP contribution in [-0.2, 0) is 4.74 Å². The molecule has 7 nitrogen and oxygen atoms in total. The molecule has 1 atom stereocenters. The highest BCUT2D eigenvalue weighted by molar-refractivity contribution is 5.93. The highest BCUT2D eigenvalue weighted by atomic mass is 16.6. The van der Waals surface area contributed by atoms with Gasteiger partial charge in [-0.1, -0.05) is 20.8 Å². The molecule has 0 aromatic heterocycles. The number of carbonyl (C=O) groups is 1. The van der Waals surface area contributed by atoms with E-state index in [1.54, 1.807) is 0 Å². The minimum atomic E-state index is -0.531. The van der Waals surface area contributed by atoms with Crippen LogP contribution in [0.3, 0.4) is 0 Å². The van der Waals surface area contributed by atoms with Gasteiger partial charge in [-0.3, -0.25) is 10.1 Å². The van der Waals surface area contributed by atoms with Gasteiger partial charge in [0.05, 0.1) is 17.6 Å². The van der Waals surface area contributed by atoms with Gasteiger partial charge in [0.1, 0.15) is 17.9 Å². The van der Waals surface area contributed by atoms with E-state index in [1.165, 1.54) is 18.2 Å². The van der Waals surface area contributed by atoms with E-state index < -0.39 is 10.9 Å². The van der Waals surface area contributed by atoms with Crippen molar-refractivity contribution in [1.29, 1.82) is 0 Å². The Hall–Kier alpha value is -2.15. The zero-order chi connectivity index (χ0) is 19.0. The van der Waals surface area contributed by atoms with Crippen LogP contribution in [0.15, 0.2) is 18.2 Å². The lowest BCUT2D eigenvalue weighted by Crippen LogP contribution is -2.34. The lowest BCUT2D eigenvalue weighted by molar-refractivity contribution is -0.384. The standard InChI is InChI=1S/C18H28N2O5/c1-6-9-24-17-11-14(20(22)23)7-8-16(17)18(21)25-12-15(19(4)5)10-13(2)3/h7-8,11,13,15H,6,9-10,12H2,1-5H3/t15-/m0/s1. The SMILES string of the molecule is CCCOc1cc([N+](=O)[O-])ccc1C(=O)OC[C@H](CC(C)C)N(C)C. The molecular formula is C18H28N2O5.